The molecule has 7 nitrogen and oxygen atoms in total. The summed E-state index contributed by atoms with van der Waals surface area (Å²) in [6.45, 7) is 1.07. The van der Waals surface area contributed by atoms with Crippen molar-refractivity contribution < 1.29 is 26.3 Å². The number of sulfone groups is 2. The van der Waals surface area contributed by atoms with Crippen LogP contribution in [0.4, 0.5) is 0 Å². The molecule has 0 spiro atoms. The molecule has 3 heterocycles. The maximum absolute atomic E-state index is 13.1. The number of fused-ring (bicyclic) bond motifs is 1. The standard InChI is InChI=1S/C19H23NO6S3/c1-25-16-8-13-5-6-20(10-14(13)9-17(16)26-2)15-11-28(21,22)12-18(15)29(23,24)19-4-3-7-27-19/h3-4,7-9,15,18H,5-6,10-12H2,1-2H3/t15-,18-/m1/s1. The Morgan fingerprint density at radius 1 is 1.10 bits per heavy atom. The topological polar surface area (TPSA) is 90.0 Å². The highest BCUT2D eigenvalue weighted by Gasteiger charge is 2.49. The second kappa shape index (κ2) is 7.57. The minimum absolute atomic E-state index is 0.134. The molecule has 0 amide bonds. The van der Waals surface area contributed by atoms with Crippen molar-refractivity contribution in [1.29, 1.82) is 0 Å². The van der Waals surface area contributed by atoms with E-state index in [2.05, 4.69) is 0 Å². The summed E-state index contributed by atoms with van der Waals surface area (Å²) in [7, 11) is -3.99. The zero-order chi connectivity index (χ0) is 20.8. The summed E-state index contributed by atoms with van der Waals surface area (Å²) < 4.78 is 62.1. The van der Waals surface area contributed by atoms with E-state index in [0.717, 1.165) is 22.5 Å². The van der Waals surface area contributed by atoms with E-state index in [1.54, 1.807) is 31.7 Å². The lowest BCUT2D eigenvalue weighted by Gasteiger charge is -2.35. The second-order valence-corrected chi connectivity index (χ2v) is 12.9. The maximum Gasteiger partial charge on any atom is 0.193 e. The van der Waals surface area contributed by atoms with Crippen LogP contribution in [0.2, 0.25) is 0 Å². The van der Waals surface area contributed by atoms with E-state index in [1.165, 1.54) is 0 Å². The van der Waals surface area contributed by atoms with Crippen LogP contribution in [-0.2, 0) is 32.6 Å². The van der Waals surface area contributed by atoms with Gasteiger partial charge in [0.05, 0.1) is 31.0 Å². The van der Waals surface area contributed by atoms with Crippen LogP contribution in [0, 0.1) is 0 Å². The molecule has 1 aromatic heterocycles. The lowest BCUT2D eigenvalue weighted by Crippen LogP contribution is -2.48. The van der Waals surface area contributed by atoms with E-state index in [9.17, 15) is 16.8 Å². The first-order chi connectivity index (χ1) is 13.7. The van der Waals surface area contributed by atoms with Gasteiger partial charge >= 0.3 is 0 Å². The van der Waals surface area contributed by atoms with Gasteiger partial charge in [-0.15, -0.1) is 11.3 Å². The Kier molecular flexibility index (Phi) is 5.39. The first-order valence-electron chi connectivity index (χ1n) is 9.21. The van der Waals surface area contributed by atoms with Crippen LogP contribution in [-0.4, -0.2) is 65.3 Å². The summed E-state index contributed by atoms with van der Waals surface area (Å²) in [6, 6.07) is 6.49. The Morgan fingerprint density at radius 3 is 2.41 bits per heavy atom. The van der Waals surface area contributed by atoms with Crippen LogP contribution >= 0.6 is 11.3 Å². The fourth-order valence-corrected chi connectivity index (χ4v) is 10.3. The van der Waals surface area contributed by atoms with Gasteiger partial charge in [-0.1, -0.05) is 6.07 Å². The maximum atomic E-state index is 13.1. The summed E-state index contributed by atoms with van der Waals surface area (Å²) in [4.78, 5) is 1.99. The van der Waals surface area contributed by atoms with Gasteiger partial charge in [0.2, 0.25) is 0 Å². The molecule has 1 fully saturated rings. The van der Waals surface area contributed by atoms with E-state index >= 15 is 0 Å². The smallest absolute Gasteiger partial charge is 0.193 e. The van der Waals surface area contributed by atoms with Crippen molar-refractivity contribution >= 4 is 31.0 Å². The summed E-state index contributed by atoms with van der Waals surface area (Å²) >= 11 is 1.13. The zero-order valence-electron chi connectivity index (χ0n) is 16.2. The molecule has 0 N–H and O–H groups in total. The largest absolute Gasteiger partial charge is 0.493 e. The fraction of sp³-hybridized carbons (Fsp3) is 0.474. The summed E-state index contributed by atoms with van der Waals surface area (Å²) in [5, 5.41) is 0.746. The van der Waals surface area contributed by atoms with Gasteiger partial charge in [0.15, 0.2) is 31.2 Å². The molecule has 0 unspecified atom stereocenters. The Labute approximate surface area is 175 Å². The average molecular weight is 458 g/mol. The zero-order valence-corrected chi connectivity index (χ0v) is 18.6. The molecular formula is C19H23NO6S3. The van der Waals surface area contributed by atoms with Gasteiger partial charge in [-0.05, 0) is 41.1 Å². The summed E-state index contributed by atoms with van der Waals surface area (Å²) in [6.07, 6.45) is 0.692. The van der Waals surface area contributed by atoms with Crippen molar-refractivity contribution in [2.24, 2.45) is 0 Å². The van der Waals surface area contributed by atoms with Crippen molar-refractivity contribution in [1.82, 2.24) is 4.90 Å². The van der Waals surface area contributed by atoms with Gasteiger partial charge in [-0.2, -0.15) is 0 Å². The van der Waals surface area contributed by atoms with Gasteiger partial charge < -0.3 is 9.47 Å². The minimum atomic E-state index is -3.71. The molecule has 158 valence electrons. The Morgan fingerprint density at radius 2 is 1.79 bits per heavy atom. The molecular weight excluding hydrogens is 434 g/mol. The molecule has 4 rings (SSSR count). The quantitative estimate of drug-likeness (QED) is 0.676. The molecule has 2 atom stereocenters. The summed E-state index contributed by atoms with van der Waals surface area (Å²) in [5.74, 6) is 0.800. The third-order valence-corrected chi connectivity index (χ3v) is 11.2. The highest BCUT2D eigenvalue weighted by molar-refractivity contribution is 7.97. The summed E-state index contributed by atoms with van der Waals surface area (Å²) in [5.41, 5.74) is 2.11. The number of methoxy groups -OCH3 is 2. The normalized spacial score (nSPS) is 24.2. The number of nitrogens with zero attached hydrogens (tertiary/aromatic N) is 1. The number of ether oxygens (including phenoxy) is 2. The van der Waals surface area contributed by atoms with E-state index in [4.69, 9.17) is 9.47 Å². The SMILES string of the molecule is COc1cc2c(cc1OC)CN([C@@H]1CS(=O)(=O)C[C@H]1S(=O)(=O)c1cccs1)CC2. The van der Waals surface area contributed by atoms with Gasteiger partial charge in [-0.3, -0.25) is 4.90 Å². The van der Waals surface area contributed by atoms with Crippen molar-refractivity contribution in [3.63, 3.8) is 0 Å². The fourth-order valence-electron chi connectivity index (χ4n) is 4.20. The van der Waals surface area contributed by atoms with Crippen LogP contribution < -0.4 is 9.47 Å². The predicted octanol–water partition coefficient (Wildman–Crippen LogP) is 1.76. The van der Waals surface area contributed by atoms with Gasteiger partial charge in [0, 0.05) is 19.1 Å². The van der Waals surface area contributed by atoms with Crippen molar-refractivity contribution in [3.05, 3.63) is 40.8 Å². The van der Waals surface area contributed by atoms with Gasteiger partial charge in [0.1, 0.15) is 4.21 Å². The Balaban J connectivity index is 1.67. The van der Waals surface area contributed by atoms with Crippen molar-refractivity contribution in [2.45, 2.75) is 28.5 Å². The highest BCUT2D eigenvalue weighted by Crippen LogP contribution is 2.36. The van der Waals surface area contributed by atoms with Crippen LogP contribution in [0.5, 0.6) is 11.5 Å². The average Bonchev–Trinajstić information content (AvgIpc) is 3.34. The molecule has 2 aromatic rings. The molecule has 0 bridgehead atoms. The Bertz CT molecular complexity index is 1110. The molecule has 0 radical (unpaired) electrons. The van der Waals surface area contributed by atoms with Crippen molar-refractivity contribution in [2.75, 3.05) is 32.3 Å². The molecule has 1 aromatic carbocycles. The minimum Gasteiger partial charge on any atom is -0.493 e. The van der Waals surface area contributed by atoms with E-state index in [0.29, 0.717) is 31.0 Å². The van der Waals surface area contributed by atoms with Crippen molar-refractivity contribution in [3.8, 4) is 11.5 Å². The van der Waals surface area contributed by atoms with Gasteiger partial charge in [0.25, 0.3) is 0 Å². The van der Waals surface area contributed by atoms with Crippen LogP contribution in [0.25, 0.3) is 0 Å². The number of thiophene rings is 1. The second-order valence-electron chi connectivity index (χ2n) is 7.36. The van der Waals surface area contributed by atoms with Crippen LogP contribution in [0.3, 0.4) is 0 Å². The third-order valence-electron chi connectivity index (χ3n) is 5.66. The van der Waals surface area contributed by atoms with Crippen LogP contribution in [0.15, 0.2) is 33.9 Å². The number of hydrogen-bond acceptors (Lipinski definition) is 8. The molecule has 0 saturated carbocycles. The molecule has 10 heteroatoms. The first-order valence-corrected chi connectivity index (χ1v) is 13.5. The van der Waals surface area contributed by atoms with E-state index in [1.807, 2.05) is 17.0 Å². The van der Waals surface area contributed by atoms with E-state index in [-0.39, 0.29) is 15.7 Å². The predicted molar refractivity (Wildman–Crippen MR) is 111 cm³/mol. The lowest BCUT2D eigenvalue weighted by atomic mass is 9.97. The first kappa shape index (κ1) is 20.6. The highest BCUT2D eigenvalue weighted by atomic mass is 32.2. The number of rotatable bonds is 5. The molecule has 1 saturated heterocycles. The molecule has 2 aliphatic heterocycles. The van der Waals surface area contributed by atoms with Crippen LogP contribution in [0.1, 0.15) is 11.1 Å². The third kappa shape index (κ3) is 3.78. The number of benzene rings is 1. The number of hydrogen-bond donors (Lipinski definition) is 0. The molecule has 2 aliphatic rings. The molecule has 29 heavy (non-hydrogen) atoms. The van der Waals surface area contributed by atoms with Gasteiger partial charge in [-0.25, -0.2) is 16.8 Å². The monoisotopic (exact) mass is 457 g/mol. The lowest BCUT2D eigenvalue weighted by molar-refractivity contribution is 0.195. The molecule has 0 aliphatic carbocycles. The Hall–Kier alpha value is -1.62. The van der Waals surface area contributed by atoms with E-state index < -0.39 is 31.0 Å².